The molecule has 1 unspecified atom stereocenters. The Bertz CT molecular complexity index is 1270. The van der Waals surface area contributed by atoms with Crippen molar-refractivity contribution in [1.29, 1.82) is 0 Å². The molecule has 3 atom stereocenters. The van der Waals surface area contributed by atoms with Crippen molar-refractivity contribution in [2.45, 2.75) is 44.6 Å². The predicted octanol–water partition coefficient (Wildman–Crippen LogP) is 3.09. The SMILES string of the molecule is O=C(O)NC1[C@@H]2C[C@@H]2CC12CCN(c1cnc3c(N4CCCc5ncccc54)n[nH]c3n1)CC2. The summed E-state index contributed by atoms with van der Waals surface area (Å²) < 4.78 is 0. The first-order valence-electron chi connectivity index (χ1n) is 12.3. The Hall–Kier alpha value is -3.43. The minimum Gasteiger partial charge on any atom is -0.465 e. The Balaban J connectivity index is 1.12. The van der Waals surface area contributed by atoms with Gasteiger partial charge in [-0.25, -0.2) is 14.8 Å². The number of pyridine rings is 1. The normalized spacial score (nSPS) is 27.0. The Kier molecular flexibility index (Phi) is 4.28. The van der Waals surface area contributed by atoms with E-state index < -0.39 is 6.09 Å². The number of hydrogen-bond acceptors (Lipinski definition) is 7. The maximum atomic E-state index is 11.4. The van der Waals surface area contributed by atoms with Gasteiger partial charge >= 0.3 is 6.09 Å². The van der Waals surface area contributed by atoms with E-state index in [0.717, 1.165) is 80.3 Å². The number of hydrogen-bond donors (Lipinski definition) is 3. The van der Waals surface area contributed by atoms with Crippen molar-refractivity contribution in [3.05, 3.63) is 30.2 Å². The first-order valence-corrected chi connectivity index (χ1v) is 12.3. The van der Waals surface area contributed by atoms with Crippen molar-refractivity contribution in [3.8, 4) is 0 Å². The minimum atomic E-state index is -0.891. The molecule has 5 heterocycles. The van der Waals surface area contributed by atoms with Gasteiger partial charge in [-0.2, -0.15) is 5.10 Å². The lowest BCUT2D eigenvalue weighted by atomic mass is 9.71. The first kappa shape index (κ1) is 20.0. The molecule has 1 saturated heterocycles. The zero-order chi connectivity index (χ0) is 22.9. The summed E-state index contributed by atoms with van der Waals surface area (Å²) in [6, 6.07) is 4.15. The number of aryl methyl sites for hydroxylation is 1. The van der Waals surface area contributed by atoms with Crippen molar-refractivity contribution >= 4 is 34.6 Å². The van der Waals surface area contributed by atoms with Crippen molar-refractivity contribution in [2.75, 3.05) is 29.4 Å². The second kappa shape index (κ2) is 7.28. The van der Waals surface area contributed by atoms with Crippen molar-refractivity contribution < 1.29 is 9.90 Å². The molecule has 3 aromatic rings. The molecule has 10 nitrogen and oxygen atoms in total. The van der Waals surface area contributed by atoms with E-state index in [4.69, 9.17) is 9.97 Å². The van der Waals surface area contributed by atoms with Gasteiger partial charge in [-0.05, 0) is 67.9 Å². The standard InChI is InChI=1S/C24H28N8O2/c33-23(34)28-20-15-11-14(15)12-24(20)5-9-31(10-6-24)18-13-26-19-21(27-18)29-30-22(19)32-8-2-3-16-17(32)4-1-7-25-16/h1,4,7,13-15,20,28H,2-3,5-6,8-12H2,(H,33,34)(H,27,29,30)/t14-,15-,20?/m1/s1. The molecule has 10 heteroatoms. The number of H-pyrrole nitrogens is 1. The number of amides is 1. The number of nitrogens with zero attached hydrogens (tertiary/aromatic N) is 6. The summed E-state index contributed by atoms with van der Waals surface area (Å²) in [5.74, 6) is 2.90. The second-order valence-corrected chi connectivity index (χ2v) is 10.3. The number of carbonyl (C=O) groups is 1. The molecule has 0 aromatic carbocycles. The predicted molar refractivity (Wildman–Crippen MR) is 126 cm³/mol. The Labute approximate surface area is 196 Å². The number of rotatable bonds is 3. The molecule has 2 saturated carbocycles. The molecule has 3 aromatic heterocycles. The fourth-order valence-electron chi connectivity index (χ4n) is 6.84. The molecule has 34 heavy (non-hydrogen) atoms. The van der Waals surface area contributed by atoms with E-state index in [9.17, 15) is 9.90 Å². The second-order valence-electron chi connectivity index (χ2n) is 10.3. The van der Waals surface area contributed by atoms with Crippen LogP contribution < -0.4 is 15.1 Å². The summed E-state index contributed by atoms with van der Waals surface area (Å²) in [4.78, 5) is 30.0. The maximum absolute atomic E-state index is 11.4. The van der Waals surface area contributed by atoms with Gasteiger partial charge in [0, 0.05) is 31.9 Å². The van der Waals surface area contributed by atoms with Gasteiger partial charge < -0.3 is 20.2 Å². The van der Waals surface area contributed by atoms with Crippen molar-refractivity contribution in [1.82, 2.24) is 30.5 Å². The zero-order valence-electron chi connectivity index (χ0n) is 18.9. The summed E-state index contributed by atoms with van der Waals surface area (Å²) in [5, 5.41) is 19.9. The molecule has 0 radical (unpaired) electrons. The van der Waals surface area contributed by atoms with Gasteiger partial charge in [0.05, 0.1) is 17.6 Å². The fraction of sp³-hybridized carbons (Fsp3) is 0.542. The smallest absolute Gasteiger partial charge is 0.404 e. The van der Waals surface area contributed by atoms with E-state index in [0.29, 0.717) is 17.5 Å². The lowest BCUT2D eigenvalue weighted by molar-refractivity contribution is 0.132. The number of nitrogens with one attached hydrogen (secondary N) is 2. The Morgan fingerprint density at radius 2 is 2.12 bits per heavy atom. The molecule has 176 valence electrons. The number of carboxylic acid groups (broad SMARTS) is 1. The third-order valence-corrected chi connectivity index (χ3v) is 8.54. The third kappa shape index (κ3) is 3.04. The van der Waals surface area contributed by atoms with Crippen LogP contribution in [0.15, 0.2) is 24.5 Å². The zero-order valence-corrected chi connectivity index (χ0v) is 18.9. The number of piperidine rings is 1. The molecule has 3 N–H and O–H groups in total. The molecular formula is C24H28N8O2. The summed E-state index contributed by atoms with van der Waals surface area (Å²) in [6.45, 7) is 2.61. The average Bonchev–Trinajstić information content (AvgIpc) is 3.38. The molecule has 2 aliphatic heterocycles. The van der Waals surface area contributed by atoms with E-state index in [1.807, 2.05) is 18.5 Å². The van der Waals surface area contributed by atoms with Crippen LogP contribution in [0.4, 0.5) is 22.1 Å². The van der Waals surface area contributed by atoms with E-state index >= 15 is 0 Å². The monoisotopic (exact) mass is 460 g/mol. The van der Waals surface area contributed by atoms with Gasteiger partial charge in [0.15, 0.2) is 17.0 Å². The molecule has 2 aliphatic carbocycles. The molecule has 3 fully saturated rings. The number of fused-ring (bicyclic) bond motifs is 3. The van der Waals surface area contributed by atoms with Crippen molar-refractivity contribution in [3.63, 3.8) is 0 Å². The highest BCUT2D eigenvalue weighted by Gasteiger charge is 2.61. The average molecular weight is 461 g/mol. The topological polar surface area (TPSA) is 123 Å². The van der Waals surface area contributed by atoms with Gasteiger partial charge in [0.25, 0.3) is 0 Å². The minimum absolute atomic E-state index is 0.0941. The summed E-state index contributed by atoms with van der Waals surface area (Å²) >= 11 is 0. The highest BCUT2D eigenvalue weighted by atomic mass is 16.4. The van der Waals surface area contributed by atoms with Crippen LogP contribution in [0.1, 0.15) is 37.8 Å². The molecule has 1 amide bonds. The molecule has 0 bridgehead atoms. The van der Waals surface area contributed by atoms with Crippen molar-refractivity contribution in [2.24, 2.45) is 17.3 Å². The Morgan fingerprint density at radius 1 is 1.24 bits per heavy atom. The summed E-state index contributed by atoms with van der Waals surface area (Å²) in [7, 11) is 0. The lowest BCUT2D eigenvalue weighted by Gasteiger charge is -2.44. The van der Waals surface area contributed by atoms with Gasteiger partial charge in [0.2, 0.25) is 0 Å². The first-order chi connectivity index (χ1) is 16.6. The highest BCUT2D eigenvalue weighted by Crippen LogP contribution is 2.63. The van der Waals surface area contributed by atoms with Gasteiger partial charge in [-0.3, -0.25) is 10.1 Å². The van der Waals surface area contributed by atoms with E-state index in [1.54, 1.807) is 0 Å². The van der Waals surface area contributed by atoms with E-state index in [-0.39, 0.29) is 11.5 Å². The lowest BCUT2D eigenvalue weighted by Crippen LogP contribution is -2.52. The van der Waals surface area contributed by atoms with Crippen LogP contribution in [0.5, 0.6) is 0 Å². The summed E-state index contributed by atoms with van der Waals surface area (Å²) in [6.07, 6.45) is 9.10. The number of aromatic amines is 1. The Morgan fingerprint density at radius 3 is 2.97 bits per heavy atom. The van der Waals surface area contributed by atoms with Gasteiger partial charge in [-0.15, -0.1) is 0 Å². The fourth-order valence-corrected chi connectivity index (χ4v) is 6.84. The van der Waals surface area contributed by atoms with Crippen LogP contribution in [-0.4, -0.2) is 62.0 Å². The number of aromatic nitrogens is 5. The summed E-state index contributed by atoms with van der Waals surface area (Å²) in [5.41, 5.74) is 3.74. The number of anilines is 3. The van der Waals surface area contributed by atoms with Crippen LogP contribution in [-0.2, 0) is 6.42 Å². The van der Waals surface area contributed by atoms with Crippen LogP contribution in [0.2, 0.25) is 0 Å². The van der Waals surface area contributed by atoms with E-state index in [2.05, 4.69) is 36.4 Å². The van der Waals surface area contributed by atoms with Crippen LogP contribution in [0.3, 0.4) is 0 Å². The van der Waals surface area contributed by atoms with Crippen LogP contribution >= 0.6 is 0 Å². The van der Waals surface area contributed by atoms with Crippen LogP contribution in [0, 0.1) is 17.3 Å². The molecule has 7 rings (SSSR count). The van der Waals surface area contributed by atoms with Gasteiger partial charge in [-0.1, -0.05) is 0 Å². The molecule has 1 spiro atoms. The largest absolute Gasteiger partial charge is 0.465 e. The van der Waals surface area contributed by atoms with Crippen LogP contribution in [0.25, 0.3) is 11.2 Å². The molecule has 4 aliphatic rings. The quantitative estimate of drug-likeness (QED) is 0.545. The highest BCUT2D eigenvalue weighted by molar-refractivity contribution is 5.87. The maximum Gasteiger partial charge on any atom is 0.404 e. The third-order valence-electron chi connectivity index (χ3n) is 8.54. The van der Waals surface area contributed by atoms with E-state index in [1.165, 1.54) is 6.42 Å². The van der Waals surface area contributed by atoms with Gasteiger partial charge in [0.1, 0.15) is 5.82 Å². The molecular weight excluding hydrogens is 432 g/mol.